The smallest absolute Gasteiger partial charge is 0.193 e. The van der Waals surface area contributed by atoms with E-state index in [1.54, 1.807) is 0 Å². The van der Waals surface area contributed by atoms with Gasteiger partial charge < -0.3 is 19.5 Å². The van der Waals surface area contributed by atoms with Crippen LogP contribution in [0.1, 0.15) is 24.9 Å². The summed E-state index contributed by atoms with van der Waals surface area (Å²) in [5.74, 6) is 2.47. The third kappa shape index (κ3) is 4.56. The number of nitrogens with zero attached hydrogens (tertiary/aromatic N) is 4. The molecule has 2 aromatic rings. The minimum atomic E-state index is 0.425. The lowest BCUT2D eigenvalue weighted by atomic mass is 9.93. The summed E-state index contributed by atoms with van der Waals surface area (Å²) in [5.41, 5.74) is 1.24. The van der Waals surface area contributed by atoms with Gasteiger partial charge in [0.25, 0.3) is 0 Å². The van der Waals surface area contributed by atoms with E-state index in [-0.39, 0.29) is 0 Å². The summed E-state index contributed by atoms with van der Waals surface area (Å²) in [6.07, 6.45) is 6.96. The zero-order chi connectivity index (χ0) is 18.4. The Morgan fingerprint density at radius 3 is 2.85 bits per heavy atom. The van der Waals surface area contributed by atoms with Crippen molar-refractivity contribution in [3.05, 3.63) is 48.5 Å². The number of nitrogens with one attached hydrogen (secondary N) is 1. The Labute approximate surface area is 155 Å². The van der Waals surface area contributed by atoms with Crippen LogP contribution >= 0.6 is 0 Å². The molecule has 0 radical (unpaired) electrons. The van der Waals surface area contributed by atoms with Crippen molar-refractivity contribution in [3.63, 3.8) is 0 Å². The molecule has 2 atom stereocenters. The van der Waals surface area contributed by atoms with E-state index in [0.29, 0.717) is 18.6 Å². The lowest BCUT2D eigenvalue weighted by Gasteiger charge is -2.39. The molecular formula is C20H29N5O. The predicted molar refractivity (Wildman–Crippen MR) is 105 cm³/mol. The quantitative estimate of drug-likeness (QED) is 0.509. The third-order valence-corrected chi connectivity index (χ3v) is 5.01. The van der Waals surface area contributed by atoms with Gasteiger partial charge in [0, 0.05) is 32.5 Å². The molecule has 1 aliphatic rings. The van der Waals surface area contributed by atoms with Crippen LogP contribution < -0.4 is 10.1 Å². The second kappa shape index (κ2) is 8.74. The van der Waals surface area contributed by atoms with Crippen molar-refractivity contribution in [2.45, 2.75) is 26.3 Å². The molecule has 1 saturated heterocycles. The minimum Gasteiger partial charge on any atom is -0.492 e. The molecule has 2 heterocycles. The van der Waals surface area contributed by atoms with Gasteiger partial charge in [0.1, 0.15) is 12.4 Å². The number of hydrogen-bond donors (Lipinski definition) is 1. The van der Waals surface area contributed by atoms with Gasteiger partial charge in [0.2, 0.25) is 0 Å². The van der Waals surface area contributed by atoms with E-state index < -0.39 is 0 Å². The van der Waals surface area contributed by atoms with Gasteiger partial charge in [-0.05, 0) is 31.4 Å². The second-order valence-electron chi connectivity index (χ2n) is 6.92. The molecule has 1 aliphatic heterocycles. The molecule has 6 nitrogen and oxygen atoms in total. The van der Waals surface area contributed by atoms with Crippen LogP contribution in [0.25, 0.3) is 0 Å². The standard InChI is InChI=1S/C20H29N5O/c1-16-4-6-18(7-5-16)26-13-10-23-20(21-3)24-11-8-17(2)19(14-24)25-12-9-22-15-25/h4-7,9,12,15,17,19H,8,10-11,13-14H2,1-3H3,(H,21,23). The van der Waals surface area contributed by atoms with Crippen molar-refractivity contribution in [2.24, 2.45) is 10.9 Å². The first kappa shape index (κ1) is 18.3. The number of piperidine rings is 1. The highest BCUT2D eigenvalue weighted by atomic mass is 16.5. The summed E-state index contributed by atoms with van der Waals surface area (Å²) in [5, 5.41) is 3.43. The molecular weight excluding hydrogens is 326 g/mol. The van der Waals surface area contributed by atoms with Gasteiger partial charge in [0.05, 0.1) is 18.9 Å². The molecule has 0 spiro atoms. The lowest BCUT2D eigenvalue weighted by Crippen LogP contribution is -2.49. The Morgan fingerprint density at radius 2 is 2.15 bits per heavy atom. The number of rotatable bonds is 5. The van der Waals surface area contributed by atoms with Crippen molar-refractivity contribution < 1.29 is 4.74 Å². The molecule has 0 saturated carbocycles. The molecule has 26 heavy (non-hydrogen) atoms. The van der Waals surface area contributed by atoms with Gasteiger partial charge in [-0.1, -0.05) is 24.6 Å². The van der Waals surface area contributed by atoms with Crippen LogP contribution in [-0.4, -0.2) is 53.7 Å². The molecule has 1 N–H and O–H groups in total. The summed E-state index contributed by atoms with van der Waals surface area (Å²) in [6.45, 7) is 7.68. The average Bonchev–Trinajstić information content (AvgIpc) is 3.18. The maximum absolute atomic E-state index is 5.79. The van der Waals surface area contributed by atoms with Crippen LogP contribution in [0.2, 0.25) is 0 Å². The normalized spacial score (nSPS) is 20.9. The fourth-order valence-corrected chi connectivity index (χ4v) is 3.39. The van der Waals surface area contributed by atoms with Crippen LogP contribution in [0.4, 0.5) is 0 Å². The molecule has 6 heteroatoms. The average molecular weight is 355 g/mol. The number of guanidine groups is 1. The fourth-order valence-electron chi connectivity index (χ4n) is 3.39. The highest BCUT2D eigenvalue weighted by Gasteiger charge is 2.28. The zero-order valence-electron chi connectivity index (χ0n) is 15.9. The van der Waals surface area contributed by atoms with Gasteiger partial charge in [-0.25, -0.2) is 4.98 Å². The molecule has 0 amide bonds. The van der Waals surface area contributed by atoms with Crippen LogP contribution in [0, 0.1) is 12.8 Å². The van der Waals surface area contributed by atoms with Crippen LogP contribution in [-0.2, 0) is 0 Å². The first-order valence-electron chi connectivity index (χ1n) is 9.30. The van der Waals surface area contributed by atoms with Gasteiger partial charge in [-0.2, -0.15) is 0 Å². The number of aryl methyl sites for hydroxylation is 1. The topological polar surface area (TPSA) is 54.7 Å². The highest BCUT2D eigenvalue weighted by molar-refractivity contribution is 5.80. The lowest BCUT2D eigenvalue weighted by molar-refractivity contribution is 0.188. The Kier molecular flexibility index (Phi) is 6.15. The first-order chi connectivity index (χ1) is 12.7. The molecule has 3 rings (SSSR count). The molecule has 1 aromatic carbocycles. The van der Waals surface area contributed by atoms with Gasteiger partial charge in [-0.15, -0.1) is 0 Å². The summed E-state index contributed by atoms with van der Waals surface area (Å²) in [6, 6.07) is 8.56. The fraction of sp³-hybridized carbons (Fsp3) is 0.500. The number of aromatic nitrogens is 2. The third-order valence-electron chi connectivity index (χ3n) is 5.01. The van der Waals surface area contributed by atoms with Crippen molar-refractivity contribution in [2.75, 3.05) is 33.3 Å². The summed E-state index contributed by atoms with van der Waals surface area (Å²) in [7, 11) is 1.84. The van der Waals surface area contributed by atoms with E-state index in [0.717, 1.165) is 37.8 Å². The Balaban J connectivity index is 1.49. The Morgan fingerprint density at radius 1 is 1.35 bits per heavy atom. The van der Waals surface area contributed by atoms with Crippen LogP contribution in [0.5, 0.6) is 5.75 Å². The Hall–Kier alpha value is -2.50. The highest BCUT2D eigenvalue weighted by Crippen LogP contribution is 2.27. The van der Waals surface area contributed by atoms with Crippen molar-refractivity contribution in [1.82, 2.24) is 19.8 Å². The van der Waals surface area contributed by atoms with E-state index in [2.05, 4.69) is 56.9 Å². The van der Waals surface area contributed by atoms with E-state index >= 15 is 0 Å². The number of hydrogen-bond acceptors (Lipinski definition) is 3. The molecule has 0 aliphatic carbocycles. The van der Waals surface area contributed by atoms with E-state index in [1.165, 1.54) is 5.56 Å². The van der Waals surface area contributed by atoms with Crippen molar-refractivity contribution in [3.8, 4) is 5.75 Å². The largest absolute Gasteiger partial charge is 0.492 e. The van der Waals surface area contributed by atoms with Gasteiger partial charge in [-0.3, -0.25) is 4.99 Å². The summed E-state index contributed by atoms with van der Waals surface area (Å²) in [4.78, 5) is 11.0. The minimum absolute atomic E-state index is 0.425. The van der Waals surface area contributed by atoms with E-state index in [9.17, 15) is 0 Å². The SMILES string of the molecule is CN=C(NCCOc1ccc(C)cc1)N1CCC(C)C(n2ccnc2)C1. The molecule has 1 fully saturated rings. The zero-order valence-corrected chi connectivity index (χ0v) is 15.9. The van der Waals surface area contributed by atoms with Crippen molar-refractivity contribution in [1.29, 1.82) is 0 Å². The maximum atomic E-state index is 5.79. The first-order valence-corrected chi connectivity index (χ1v) is 9.30. The molecule has 2 unspecified atom stereocenters. The van der Waals surface area contributed by atoms with Crippen LogP contribution in [0.3, 0.4) is 0 Å². The number of imidazole rings is 1. The van der Waals surface area contributed by atoms with Gasteiger partial charge >= 0.3 is 0 Å². The number of ether oxygens (including phenoxy) is 1. The predicted octanol–water partition coefficient (Wildman–Crippen LogP) is 2.73. The molecule has 0 bridgehead atoms. The van der Waals surface area contributed by atoms with E-state index in [1.807, 2.05) is 31.7 Å². The van der Waals surface area contributed by atoms with E-state index in [4.69, 9.17) is 4.74 Å². The number of aliphatic imine (C=N–C) groups is 1. The summed E-state index contributed by atoms with van der Waals surface area (Å²) < 4.78 is 8.00. The monoisotopic (exact) mass is 355 g/mol. The number of benzene rings is 1. The molecule has 1 aromatic heterocycles. The van der Waals surface area contributed by atoms with Crippen molar-refractivity contribution >= 4 is 5.96 Å². The van der Waals surface area contributed by atoms with Gasteiger partial charge in [0.15, 0.2) is 5.96 Å². The number of likely N-dealkylation sites (tertiary alicyclic amines) is 1. The molecule has 140 valence electrons. The van der Waals surface area contributed by atoms with Crippen LogP contribution in [0.15, 0.2) is 48.0 Å². The Bertz CT molecular complexity index is 696. The maximum Gasteiger partial charge on any atom is 0.193 e. The summed E-state index contributed by atoms with van der Waals surface area (Å²) >= 11 is 0. The second-order valence-corrected chi connectivity index (χ2v) is 6.92.